The van der Waals surface area contributed by atoms with Gasteiger partial charge in [-0.25, -0.2) is 0 Å². The van der Waals surface area contributed by atoms with Crippen molar-refractivity contribution in [1.82, 2.24) is 4.90 Å². The number of hydrogen-bond acceptors (Lipinski definition) is 3. The van der Waals surface area contributed by atoms with Gasteiger partial charge in [0.1, 0.15) is 0 Å². The topological polar surface area (TPSA) is 29.3 Å². The van der Waals surface area contributed by atoms with Gasteiger partial charge in [0.25, 0.3) is 0 Å². The molecule has 0 radical (unpaired) electrons. The molecule has 1 aliphatic rings. The molecule has 0 spiro atoms. The van der Waals surface area contributed by atoms with Crippen LogP contribution in [0.1, 0.15) is 37.4 Å². The van der Waals surface area contributed by atoms with E-state index in [4.69, 9.17) is 5.73 Å². The largest absolute Gasteiger partial charge is 0.324 e. The van der Waals surface area contributed by atoms with Crippen LogP contribution in [-0.2, 0) is 6.42 Å². The van der Waals surface area contributed by atoms with Crippen LogP contribution < -0.4 is 5.73 Å². The third kappa shape index (κ3) is 2.90. The smallest absolute Gasteiger partial charge is 0.0517 e. The summed E-state index contributed by atoms with van der Waals surface area (Å²) in [5.74, 6) is 1.26. The fourth-order valence-electron chi connectivity index (χ4n) is 2.94. The number of hydrogen-bond donors (Lipinski definition) is 1. The molecule has 1 heterocycles. The van der Waals surface area contributed by atoms with Crippen LogP contribution in [0.4, 0.5) is 0 Å². The zero-order valence-corrected chi connectivity index (χ0v) is 12.7. The van der Waals surface area contributed by atoms with E-state index in [1.165, 1.54) is 34.6 Å². The van der Waals surface area contributed by atoms with E-state index in [2.05, 4.69) is 51.0 Å². The van der Waals surface area contributed by atoms with Crippen molar-refractivity contribution >= 4 is 11.8 Å². The number of thioether (sulfide) groups is 1. The molecule has 0 fully saturated rings. The molecule has 3 heteroatoms. The Hall–Kier alpha value is -0.510. The molecule has 100 valence electrons. The summed E-state index contributed by atoms with van der Waals surface area (Å²) in [7, 11) is 4.21. The van der Waals surface area contributed by atoms with Gasteiger partial charge in [-0.3, -0.25) is 0 Å². The highest BCUT2D eigenvalue weighted by molar-refractivity contribution is 7.99. The van der Waals surface area contributed by atoms with Crippen LogP contribution in [0.15, 0.2) is 23.1 Å². The highest BCUT2D eigenvalue weighted by Crippen LogP contribution is 2.35. The summed E-state index contributed by atoms with van der Waals surface area (Å²) in [5, 5.41) is 0. The molecular weight excluding hydrogens is 240 g/mol. The SMILES string of the molecule is CN(C)C(c1ccc2c(c1)CCCS2)C(C)(C)N. The van der Waals surface area contributed by atoms with Gasteiger partial charge < -0.3 is 10.6 Å². The number of benzene rings is 1. The molecule has 0 saturated carbocycles. The Labute approximate surface area is 115 Å². The molecule has 1 aromatic carbocycles. The molecule has 0 aromatic heterocycles. The van der Waals surface area contributed by atoms with Crippen molar-refractivity contribution in [3.63, 3.8) is 0 Å². The maximum absolute atomic E-state index is 6.34. The van der Waals surface area contributed by atoms with Crippen molar-refractivity contribution in [3.05, 3.63) is 29.3 Å². The van der Waals surface area contributed by atoms with E-state index in [9.17, 15) is 0 Å². The lowest BCUT2D eigenvalue weighted by Gasteiger charge is -2.36. The molecule has 1 unspecified atom stereocenters. The molecule has 18 heavy (non-hydrogen) atoms. The first-order valence-corrected chi connectivity index (χ1v) is 7.59. The lowest BCUT2D eigenvalue weighted by atomic mass is 9.87. The number of nitrogens with zero attached hydrogens (tertiary/aromatic N) is 1. The predicted molar refractivity (Wildman–Crippen MR) is 80.2 cm³/mol. The van der Waals surface area contributed by atoms with E-state index in [1.54, 1.807) is 0 Å². The summed E-state index contributed by atoms with van der Waals surface area (Å²) >= 11 is 1.98. The minimum Gasteiger partial charge on any atom is -0.324 e. The first-order valence-electron chi connectivity index (χ1n) is 6.60. The highest BCUT2D eigenvalue weighted by atomic mass is 32.2. The molecule has 2 N–H and O–H groups in total. The second-order valence-corrected chi connectivity index (χ2v) is 7.14. The second-order valence-electron chi connectivity index (χ2n) is 6.01. The van der Waals surface area contributed by atoms with E-state index in [-0.39, 0.29) is 11.6 Å². The van der Waals surface area contributed by atoms with Gasteiger partial charge in [-0.05, 0) is 63.7 Å². The standard InChI is InChI=1S/C15H24N2S/c1-15(2,16)14(17(3)4)12-7-8-13-11(10-12)6-5-9-18-13/h7-8,10,14H,5-6,9,16H2,1-4H3. The van der Waals surface area contributed by atoms with Gasteiger partial charge in [0.2, 0.25) is 0 Å². The molecule has 1 aliphatic heterocycles. The number of aryl methyl sites for hydroxylation is 1. The van der Waals surface area contributed by atoms with Gasteiger partial charge in [-0.15, -0.1) is 11.8 Å². The summed E-state index contributed by atoms with van der Waals surface area (Å²) in [6.45, 7) is 4.21. The number of nitrogens with two attached hydrogens (primary N) is 1. The van der Waals surface area contributed by atoms with Gasteiger partial charge in [0.15, 0.2) is 0 Å². The van der Waals surface area contributed by atoms with Gasteiger partial charge in [0.05, 0.1) is 6.04 Å². The summed E-state index contributed by atoms with van der Waals surface area (Å²) < 4.78 is 0. The predicted octanol–water partition coefficient (Wildman–Crippen LogP) is 3.06. The van der Waals surface area contributed by atoms with Crippen molar-refractivity contribution in [3.8, 4) is 0 Å². The average Bonchev–Trinajstić information content (AvgIpc) is 2.26. The van der Waals surface area contributed by atoms with Crippen molar-refractivity contribution in [2.24, 2.45) is 5.73 Å². The molecule has 0 aliphatic carbocycles. The zero-order valence-electron chi connectivity index (χ0n) is 11.9. The summed E-state index contributed by atoms with van der Waals surface area (Å²) in [5.41, 5.74) is 8.95. The lowest BCUT2D eigenvalue weighted by molar-refractivity contribution is 0.204. The Morgan fingerprint density at radius 3 is 2.67 bits per heavy atom. The first-order chi connectivity index (χ1) is 8.39. The monoisotopic (exact) mass is 264 g/mol. The van der Waals surface area contributed by atoms with E-state index in [0.717, 1.165) is 0 Å². The minimum absolute atomic E-state index is 0.237. The van der Waals surface area contributed by atoms with E-state index >= 15 is 0 Å². The van der Waals surface area contributed by atoms with Gasteiger partial charge in [-0.1, -0.05) is 12.1 Å². The summed E-state index contributed by atoms with van der Waals surface area (Å²) in [4.78, 5) is 3.68. The Morgan fingerprint density at radius 2 is 2.06 bits per heavy atom. The third-order valence-electron chi connectivity index (χ3n) is 3.47. The van der Waals surface area contributed by atoms with E-state index in [1.807, 2.05) is 11.8 Å². The Kier molecular flexibility index (Phi) is 4.05. The molecule has 2 nitrogen and oxygen atoms in total. The number of rotatable bonds is 3. The second kappa shape index (κ2) is 5.24. The lowest BCUT2D eigenvalue weighted by Crippen LogP contribution is -2.45. The fraction of sp³-hybridized carbons (Fsp3) is 0.600. The van der Waals surface area contributed by atoms with Crippen LogP contribution >= 0.6 is 11.8 Å². The zero-order chi connectivity index (χ0) is 13.3. The highest BCUT2D eigenvalue weighted by Gasteiger charge is 2.29. The van der Waals surface area contributed by atoms with Crippen LogP contribution in [0.25, 0.3) is 0 Å². The van der Waals surface area contributed by atoms with Crippen LogP contribution in [0.3, 0.4) is 0 Å². The minimum atomic E-state index is -0.237. The molecular formula is C15H24N2S. The van der Waals surface area contributed by atoms with Crippen LogP contribution in [0, 0.1) is 0 Å². The van der Waals surface area contributed by atoms with E-state index < -0.39 is 0 Å². The summed E-state index contributed by atoms with van der Waals surface area (Å²) in [6.07, 6.45) is 2.50. The van der Waals surface area contributed by atoms with Crippen LogP contribution in [0.2, 0.25) is 0 Å². The number of likely N-dealkylation sites (N-methyl/N-ethyl adjacent to an activating group) is 1. The van der Waals surface area contributed by atoms with Crippen molar-refractivity contribution in [2.45, 2.75) is 43.2 Å². The Balaban J connectivity index is 2.37. The molecule has 0 amide bonds. The Bertz CT molecular complexity index is 421. The quantitative estimate of drug-likeness (QED) is 0.910. The Morgan fingerprint density at radius 1 is 1.33 bits per heavy atom. The van der Waals surface area contributed by atoms with Gasteiger partial charge >= 0.3 is 0 Å². The average molecular weight is 264 g/mol. The van der Waals surface area contributed by atoms with Crippen LogP contribution in [0.5, 0.6) is 0 Å². The number of fused-ring (bicyclic) bond motifs is 1. The fourth-order valence-corrected chi connectivity index (χ4v) is 3.96. The van der Waals surface area contributed by atoms with Crippen molar-refractivity contribution in [2.75, 3.05) is 19.8 Å². The first kappa shape index (κ1) is 13.9. The van der Waals surface area contributed by atoms with Gasteiger partial charge in [0, 0.05) is 10.4 Å². The van der Waals surface area contributed by atoms with Crippen molar-refractivity contribution in [1.29, 1.82) is 0 Å². The normalized spacial score (nSPS) is 17.7. The maximum atomic E-state index is 6.34. The van der Waals surface area contributed by atoms with Crippen LogP contribution in [-0.4, -0.2) is 30.3 Å². The maximum Gasteiger partial charge on any atom is 0.0517 e. The van der Waals surface area contributed by atoms with Gasteiger partial charge in [-0.2, -0.15) is 0 Å². The molecule has 1 aromatic rings. The molecule has 1 atom stereocenters. The molecule has 0 saturated heterocycles. The van der Waals surface area contributed by atoms with Crippen molar-refractivity contribution < 1.29 is 0 Å². The van der Waals surface area contributed by atoms with E-state index in [0.29, 0.717) is 0 Å². The molecule has 2 rings (SSSR count). The third-order valence-corrected chi connectivity index (χ3v) is 4.67. The molecule has 0 bridgehead atoms. The summed E-state index contributed by atoms with van der Waals surface area (Å²) in [6, 6.07) is 7.14.